The van der Waals surface area contributed by atoms with Crippen molar-refractivity contribution >= 4 is 27.5 Å². The summed E-state index contributed by atoms with van der Waals surface area (Å²) in [4.78, 5) is 24.2. The molecular formula is C19H25N5O4S. The Morgan fingerprint density at radius 2 is 1.90 bits per heavy atom. The number of rotatable bonds is 5. The number of nitrogens with zero attached hydrogens (tertiary/aromatic N) is 2. The molecule has 0 radical (unpaired) electrons. The highest BCUT2D eigenvalue weighted by molar-refractivity contribution is 7.89. The zero-order chi connectivity index (χ0) is 21.3. The van der Waals surface area contributed by atoms with E-state index in [1.807, 2.05) is 13.8 Å². The molecule has 0 saturated carbocycles. The molecule has 10 heteroatoms. The lowest BCUT2D eigenvalue weighted by molar-refractivity contribution is 0.0996. The van der Waals surface area contributed by atoms with Gasteiger partial charge in [0.15, 0.2) is 5.69 Å². The highest BCUT2D eigenvalue weighted by Crippen LogP contribution is 2.27. The van der Waals surface area contributed by atoms with Gasteiger partial charge in [-0.05, 0) is 43.4 Å². The molecule has 156 valence electrons. The number of piperidine rings is 1. The molecule has 1 saturated heterocycles. The van der Waals surface area contributed by atoms with Gasteiger partial charge in [0.1, 0.15) is 0 Å². The van der Waals surface area contributed by atoms with Crippen LogP contribution in [0.25, 0.3) is 0 Å². The van der Waals surface area contributed by atoms with E-state index in [1.165, 1.54) is 28.6 Å². The van der Waals surface area contributed by atoms with Gasteiger partial charge < -0.3 is 11.1 Å². The summed E-state index contributed by atoms with van der Waals surface area (Å²) in [5.74, 6) is -0.795. The van der Waals surface area contributed by atoms with Crippen LogP contribution < -0.4 is 11.1 Å². The number of nitrogens with one attached hydrogen (secondary N) is 2. The van der Waals surface area contributed by atoms with Gasteiger partial charge in [-0.3, -0.25) is 14.7 Å². The molecule has 1 aliphatic rings. The highest BCUT2D eigenvalue weighted by Gasteiger charge is 2.32. The van der Waals surface area contributed by atoms with Crippen molar-refractivity contribution in [3.05, 3.63) is 41.2 Å². The number of H-pyrrole nitrogens is 1. The van der Waals surface area contributed by atoms with Crippen LogP contribution in [0.3, 0.4) is 0 Å². The predicted octanol–water partition coefficient (Wildman–Crippen LogP) is 1.74. The quantitative estimate of drug-likeness (QED) is 0.677. The van der Waals surface area contributed by atoms with Crippen molar-refractivity contribution in [1.82, 2.24) is 14.5 Å². The number of hydrogen-bond donors (Lipinski definition) is 3. The van der Waals surface area contributed by atoms with Crippen molar-refractivity contribution in [3.63, 3.8) is 0 Å². The number of benzene rings is 1. The molecule has 0 aliphatic carbocycles. The first-order valence-electron chi connectivity index (χ1n) is 9.36. The third kappa shape index (κ3) is 4.33. The minimum Gasteiger partial charge on any atom is -0.364 e. The van der Waals surface area contributed by atoms with E-state index in [2.05, 4.69) is 15.5 Å². The third-order valence-electron chi connectivity index (χ3n) is 4.99. The second-order valence-corrected chi connectivity index (χ2v) is 9.62. The molecule has 1 fully saturated rings. The number of sulfonamides is 1. The molecule has 0 bridgehead atoms. The lowest BCUT2D eigenvalue weighted by atomic mass is 9.94. The van der Waals surface area contributed by atoms with Gasteiger partial charge in [-0.25, -0.2) is 8.42 Å². The predicted molar refractivity (Wildman–Crippen MR) is 108 cm³/mol. The first kappa shape index (κ1) is 21.0. The Hall–Kier alpha value is -2.72. The molecule has 2 amide bonds. The summed E-state index contributed by atoms with van der Waals surface area (Å²) in [6, 6.07) is 5.85. The van der Waals surface area contributed by atoms with Gasteiger partial charge in [-0.15, -0.1) is 0 Å². The lowest BCUT2D eigenvalue weighted by Gasteiger charge is -2.34. The van der Waals surface area contributed by atoms with Crippen molar-refractivity contribution in [3.8, 4) is 0 Å². The van der Waals surface area contributed by atoms with Crippen LogP contribution in [0, 0.1) is 18.8 Å². The van der Waals surface area contributed by atoms with Gasteiger partial charge >= 0.3 is 0 Å². The Labute approximate surface area is 169 Å². The fraction of sp³-hybridized carbons (Fsp3) is 0.421. The number of carbonyl (C=O) groups is 2. The topological polar surface area (TPSA) is 138 Å². The molecule has 9 nitrogen and oxygen atoms in total. The molecule has 2 aromatic rings. The summed E-state index contributed by atoms with van der Waals surface area (Å²) < 4.78 is 27.7. The van der Waals surface area contributed by atoms with Crippen molar-refractivity contribution in [2.24, 2.45) is 17.6 Å². The number of hydrogen-bond acceptors (Lipinski definition) is 5. The van der Waals surface area contributed by atoms with E-state index in [9.17, 15) is 18.0 Å². The molecule has 4 N–H and O–H groups in total. The van der Waals surface area contributed by atoms with E-state index in [0.717, 1.165) is 6.42 Å². The van der Waals surface area contributed by atoms with E-state index in [4.69, 9.17) is 5.73 Å². The summed E-state index contributed by atoms with van der Waals surface area (Å²) in [6.07, 6.45) is 0.987. The molecule has 2 heterocycles. The maximum absolute atomic E-state index is 13.1. The van der Waals surface area contributed by atoms with Crippen LogP contribution in [0.4, 0.5) is 5.69 Å². The van der Waals surface area contributed by atoms with Gasteiger partial charge in [0.2, 0.25) is 10.0 Å². The van der Waals surface area contributed by atoms with Crippen LogP contribution >= 0.6 is 0 Å². The maximum atomic E-state index is 13.1. The summed E-state index contributed by atoms with van der Waals surface area (Å²) in [6.45, 7) is 6.62. The van der Waals surface area contributed by atoms with Crippen molar-refractivity contribution in [2.45, 2.75) is 32.1 Å². The molecule has 1 aromatic carbocycles. The molecule has 3 rings (SSSR count). The second kappa shape index (κ2) is 7.96. The number of aromatic amines is 1. The van der Waals surface area contributed by atoms with Crippen LogP contribution in [-0.2, 0) is 10.0 Å². The van der Waals surface area contributed by atoms with Crippen molar-refractivity contribution in [1.29, 1.82) is 0 Å². The molecule has 0 spiro atoms. The zero-order valence-corrected chi connectivity index (χ0v) is 17.4. The smallest absolute Gasteiger partial charge is 0.271 e. The van der Waals surface area contributed by atoms with Crippen LogP contribution in [0.2, 0.25) is 0 Å². The Bertz CT molecular complexity index is 1040. The van der Waals surface area contributed by atoms with Gasteiger partial charge in [0.25, 0.3) is 11.8 Å². The molecule has 29 heavy (non-hydrogen) atoms. The highest BCUT2D eigenvalue weighted by atomic mass is 32.2. The fourth-order valence-electron chi connectivity index (χ4n) is 3.69. The lowest BCUT2D eigenvalue weighted by Crippen LogP contribution is -2.42. The zero-order valence-electron chi connectivity index (χ0n) is 16.6. The number of aryl methyl sites for hydroxylation is 1. The average Bonchev–Trinajstić information content (AvgIpc) is 3.01. The molecule has 1 aromatic heterocycles. The number of amides is 2. The molecule has 2 atom stereocenters. The monoisotopic (exact) mass is 419 g/mol. The van der Waals surface area contributed by atoms with E-state index < -0.39 is 21.8 Å². The number of carbonyl (C=O) groups excluding carboxylic acids is 2. The molecule has 1 aliphatic heterocycles. The Morgan fingerprint density at radius 3 is 2.52 bits per heavy atom. The van der Waals surface area contributed by atoms with Crippen LogP contribution in [-0.4, -0.2) is 47.8 Å². The van der Waals surface area contributed by atoms with E-state index in [0.29, 0.717) is 18.8 Å². The summed E-state index contributed by atoms with van der Waals surface area (Å²) in [7, 11) is -3.71. The number of anilines is 1. The largest absolute Gasteiger partial charge is 0.364 e. The summed E-state index contributed by atoms with van der Waals surface area (Å²) >= 11 is 0. The first-order valence-corrected chi connectivity index (χ1v) is 10.8. The van der Waals surface area contributed by atoms with Gasteiger partial charge in [0, 0.05) is 18.7 Å². The van der Waals surface area contributed by atoms with E-state index in [-0.39, 0.29) is 33.7 Å². The normalized spacial score (nSPS) is 20.4. The van der Waals surface area contributed by atoms with E-state index >= 15 is 0 Å². The molecule has 2 unspecified atom stereocenters. The Morgan fingerprint density at radius 1 is 1.24 bits per heavy atom. The summed E-state index contributed by atoms with van der Waals surface area (Å²) in [5, 5.41) is 8.96. The first-order chi connectivity index (χ1) is 13.6. The van der Waals surface area contributed by atoms with Crippen molar-refractivity contribution < 1.29 is 18.0 Å². The number of aromatic nitrogens is 2. The van der Waals surface area contributed by atoms with Crippen LogP contribution in [0.15, 0.2) is 29.2 Å². The second-order valence-electron chi connectivity index (χ2n) is 7.69. The maximum Gasteiger partial charge on any atom is 0.271 e. The van der Waals surface area contributed by atoms with Crippen LogP contribution in [0.5, 0.6) is 0 Å². The average molecular weight is 420 g/mol. The minimum absolute atomic E-state index is 0.0606. The fourth-order valence-corrected chi connectivity index (χ4v) is 5.42. The SMILES string of the molecule is Cc1[nH]nc(C(N)=O)c1NC(=O)c1cccc(S(=O)(=O)N2CC(C)CC(C)C2)c1. The van der Waals surface area contributed by atoms with Gasteiger partial charge in [-0.2, -0.15) is 9.40 Å². The Kier molecular flexibility index (Phi) is 5.76. The van der Waals surface area contributed by atoms with Gasteiger partial charge in [-0.1, -0.05) is 19.9 Å². The third-order valence-corrected chi connectivity index (χ3v) is 6.82. The van der Waals surface area contributed by atoms with E-state index in [1.54, 1.807) is 6.92 Å². The minimum atomic E-state index is -3.71. The molecular weight excluding hydrogens is 394 g/mol. The standard InChI is InChI=1S/C19H25N5O4S/c1-11-7-12(2)10-24(9-11)29(27,28)15-6-4-5-14(8-15)19(26)21-16-13(3)22-23-17(16)18(20)25/h4-6,8,11-12H,7,9-10H2,1-3H3,(H2,20,25)(H,21,26)(H,22,23). The number of primary amides is 1. The van der Waals surface area contributed by atoms with Crippen LogP contribution in [0.1, 0.15) is 46.8 Å². The van der Waals surface area contributed by atoms with Gasteiger partial charge in [0.05, 0.1) is 16.3 Å². The summed E-state index contributed by atoms with van der Waals surface area (Å²) in [5.41, 5.74) is 5.98. The Balaban J connectivity index is 1.87. The van der Waals surface area contributed by atoms with Crippen molar-refractivity contribution in [2.75, 3.05) is 18.4 Å². The number of nitrogens with two attached hydrogens (primary N) is 1.